The van der Waals surface area contributed by atoms with E-state index in [2.05, 4.69) is 10.1 Å². The summed E-state index contributed by atoms with van der Waals surface area (Å²) in [7, 11) is 0. The van der Waals surface area contributed by atoms with Crippen molar-refractivity contribution in [2.24, 2.45) is 0 Å². The molecule has 0 aliphatic rings. The molecule has 2 N–H and O–H groups in total. The summed E-state index contributed by atoms with van der Waals surface area (Å²) in [5.41, 5.74) is 9.33. The van der Waals surface area contributed by atoms with E-state index in [1.807, 2.05) is 19.1 Å². The van der Waals surface area contributed by atoms with Gasteiger partial charge in [0.25, 0.3) is 5.89 Å². The molecule has 0 spiro atoms. The van der Waals surface area contributed by atoms with Gasteiger partial charge in [-0.05, 0) is 49.2 Å². The fraction of sp³-hybridized carbons (Fsp3) is 0.125. The Morgan fingerprint density at radius 3 is 2.57 bits per heavy atom. The van der Waals surface area contributed by atoms with Gasteiger partial charge in [0.15, 0.2) is 0 Å². The normalized spacial score (nSPS) is 10.8. The second-order valence-electron chi connectivity index (χ2n) is 4.96. The monoisotopic (exact) mass is 283 g/mol. The second kappa shape index (κ2) is 5.01. The highest BCUT2D eigenvalue weighted by molar-refractivity contribution is 5.65. The molecule has 0 amide bonds. The number of nitrogens with two attached hydrogens (primary N) is 1. The number of anilines is 1. The zero-order chi connectivity index (χ0) is 15.0. The molecule has 0 aliphatic carbocycles. The molecular weight excluding hydrogens is 269 g/mol. The van der Waals surface area contributed by atoms with E-state index in [1.54, 1.807) is 25.1 Å². The third kappa shape index (κ3) is 2.50. The largest absolute Gasteiger partial charge is 0.399 e. The van der Waals surface area contributed by atoms with E-state index in [0.29, 0.717) is 28.5 Å². The van der Waals surface area contributed by atoms with Gasteiger partial charge < -0.3 is 10.3 Å². The molecule has 1 heterocycles. The van der Waals surface area contributed by atoms with Crippen molar-refractivity contribution in [3.8, 4) is 22.8 Å². The Morgan fingerprint density at radius 1 is 1.05 bits per heavy atom. The van der Waals surface area contributed by atoms with Gasteiger partial charge in [0.05, 0.1) is 0 Å². The van der Waals surface area contributed by atoms with Crippen LogP contribution in [-0.4, -0.2) is 10.1 Å². The van der Waals surface area contributed by atoms with Gasteiger partial charge in [0.2, 0.25) is 5.82 Å². The minimum Gasteiger partial charge on any atom is -0.399 e. The van der Waals surface area contributed by atoms with Crippen LogP contribution in [0.5, 0.6) is 0 Å². The molecule has 5 heteroatoms. The van der Waals surface area contributed by atoms with Crippen LogP contribution in [0.15, 0.2) is 40.9 Å². The van der Waals surface area contributed by atoms with E-state index < -0.39 is 0 Å². The van der Waals surface area contributed by atoms with Gasteiger partial charge in [0, 0.05) is 16.8 Å². The lowest BCUT2D eigenvalue weighted by molar-refractivity contribution is 0.432. The molecule has 0 fully saturated rings. The summed E-state index contributed by atoms with van der Waals surface area (Å²) in [5, 5.41) is 3.91. The Kier molecular flexibility index (Phi) is 3.17. The molecule has 2 aromatic carbocycles. The van der Waals surface area contributed by atoms with Crippen LogP contribution in [0.3, 0.4) is 0 Å². The van der Waals surface area contributed by atoms with Gasteiger partial charge in [-0.3, -0.25) is 0 Å². The molecule has 3 rings (SSSR count). The van der Waals surface area contributed by atoms with Crippen molar-refractivity contribution in [3.05, 3.63) is 53.3 Å². The van der Waals surface area contributed by atoms with Gasteiger partial charge in [-0.1, -0.05) is 17.3 Å². The summed E-state index contributed by atoms with van der Waals surface area (Å²) in [6.07, 6.45) is 0. The van der Waals surface area contributed by atoms with Gasteiger partial charge in [0.1, 0.15) is 5.82 Å². The van der Waals surface area contributed by atoms with E-state index >= 15 is 0 Å². The van der Waals surface area contributed by atoms with Crippen molar-refractivity contribution in [2.75, 3.05) is 5.73 Å². The van der Waals surface area contributed by atoms with Crippen LogP contribution >= 0.6 is 0 Å². The molecule has 21 heavy (non-hydrogen) atoms. The number of hydrogen-bond acceptors (Lipinski definition) is 4. The molecule has 0 aliphatic heterocycles. The molecule has 106 valence electrons. The van der Waals surface area contributed by atoms with Crippen LogP contribution in [0.4, 0.5) is 10.1 Å². The first kappa shape index (κ1) is 13.3. The number of aromatic nitrogens is 2. The summed E-state index contributed by atoms with van der Waals surface area (Å²) < 4.78 is 18.9. The highest BCUT2D eigenvalue weighted by Gasteiger charge is 2.13. The molecule has 3 aromatic rings. The van der Waals surface area contributed by atoms with Crippen LogP contribution in [0.2, 0.25) is 0 Å². The first-order valence-corrected chi connectivity index (χ1v) is 6.51. The Morgan fingerprint density at radius 2 is 1.86 bits per heavy atom. The summed E-state index contributed by atoms with van der Waals surface area (Å²) in [6, 6.07) is 10.3. The molecule has 0 saturated heterocycles. The summed E-state index contributed by atoms with van der Waals surface area (Å²) >= 11 is 0. The molecule has 0 radical (unpaired) electrons. The van der Waals surface area contributed by atoms with Crippen molar-refractivity contribution in [1.82, 2.24) is 10.1 Å². The minimum atomic E-state index is -0.289. The van der Waals surface area contributed by atoms with E-state index in [4.69, 9.17) is 10.3 Å². The molecule has 1 aromatic heterocycles. The van der Waals surface area contributed by atoms with E-state index in [-0.39, 0.29) is 5.82 Å². The van der Waals surface area contributed by atoms with E-state index in [0.717, 1.165) is 11.1 Å². The number of hydrogen-bond donors (Lipinski definition) is 1. The number of rotatable bonds is 2. The van der Waals surface area contributed by atoms with Crippen molar-refractivity contribution in [1.29, 1.82) is 0 Å². The van der Waals surface area contributed by atoms with Crippen LogP contribution in [-0.2, 0) is 0 Å². The fourth-order valence-electron chi connectivity index (χ4n) is 2.11. The molecule has 0 unspecified atom stereocenters. The number of nitrogen functional groups attached to an aromatic ring is 1. The Hall–Kier alpha value is -2.69. The van der Waals surface area contributed by atoms with Crippen molar-refractivity contribution < 1.29 is 8.91 Å². The third-order valence-electron chi connectivity index (χ3n) is 3.34. The molecule has 0 atom stereocenters. The van der Waals surface area contributed by atoms with Gasteiger partial charge >= 0.3 is 0 Å². The van der Waals surface area contributed by atoms with Gasteiger partial charge in [-0.25, -0.2) is 4.39 Å². The van der Waals surface area contributed by atoms with E-state index in [1.165, 1.54) is 6.07 Å². The lowest BCUT2D eigenvalue weighted by Gasteiger charge is -2.01. The quantitative estimate of drug-likeness (QED) is 0.727. The number of aryl methyl sites for hydroxylation is 2. The van der Waals surface area contributed by atoms with Crippen LogP contribution in [0.25, 0.3) is 22.8 Å². The minimum absolute atomic E-state index is 0.289. The third-order valence-corrected chi connectivity index (χ3v) is 3.34. The predicted octanol–water partition coefficient (Wildman–Crippen LogP) is 3.74. The number of benzene rings is 2. The molecular formula is C16H14FN3O. The molecule has 0 bridgehead atoms. The average Bonchev–Trinajstić information content (AvgIpc) is 2.91. The van der Waals surface area contributed by atoms with Gasteiger partial charge in [-0.15, -0.1) is 0 Å². The lowest BCUT2D eigenvalue weighted by Crippen LogP contribution is -1.89. The highest BCUT2D eigenvalue weighted by atomic mass is 19.1. The topological polar surface area (TPSA) is 64.9 Å². The van der Waals surface area contributed by atoms with Crippen LogP contribution in [0, 0.1) is 19.7 Å². The highest BCUT2D eigenvalue weighted by Crippen LogP contribution is 2.26. The average molecular weight is 283 g/mol. The Bertz CT molecular complexity index is 811. The van der Waals surface area contributed by atoms with Crippen molar-refractivity contribution in [3.63, 3.8) is 0 Å². The molecule has 0 saturated carbocycles. The Balaban J connectivity index is 2.01. The van der Waals surface area contributed by atoms with Gasteiger partial charge in [-0.2, -0.15) is 4.98 Å². The maximum atomic E-state index is 13.6. The smallest absolute Gasteiger partial charge is 0.258 e. The standard InChI is InChI=1S/C16H14FN3O/c1-9-3-4-11(8-14(9)17)15-19-16(21-20-15)13-6-5-12(18)7-10(13)2/h3-8H,18H2,1-2H3. The second-order valence-corrected chi connectivity index (χ2v) is 4.96. The summed E-state index contributed by atoms with van der Waals surface area (Å²) in [5.74, 6) is 0.464. The van der Waals surface area contributed by atoms with Crippen molar-refractivity contribution >= 4 is 5.69 Å². The number of halogens is 1. The van der Waals surface area contributed by atoms with Crippen LogP contribution in [0.1, 0.15) is 11.1 Å². The predicted molar refractivity (Wildman–Crippen MR) is 79.0 cm³/mol. The number of nitrogens with zero attached hydrogens (tertiary/aromatic N) is 2. The first-order valence-electron chi connectivity index (χ1n) is 6.51. The maximum Gasteiger partial charge on any atom is 0.258 e. The Labute approximate surface area is 121 Å². The zero-order valence-corrected chi connectivity index (χ0v) is 11.7. The zero-order valence-electron chi connectivity index (χ0n) is 11.7. The van der Waals surface area contributed by atoms with E-state index in [9.17, 15) is 4.39 Å². The SMILES string of the molecule is Cc1ccc(-c2noc(-c3ccc(N)cc3C)n2)cc1F. The fourth-order valence-corrected chi connectivity index (χ4v) is 2.11. The summed E-state index contributed by atoms with van der Waals surface area (Å²) in [4.78, 5) is 4.33. The molecule has 4 nitrogen and oxygen atoms in total. The lowest BCUT2D eigenvalue weighted by atomic mass is 10.1. The maximum absolute atomic E-state index is 13.6. The van der Waals surface area contributed by atoms with Crippen molar-refractivity contribution in [2.45, 2.75) is 13.8 Å². The first-order chi connectivity index (χ1) is 10.0. The summed E-state index contributed by atoms with van der Waals surface area (Å²) in [6.45, 7) is 3.62. The van der Waals surface area contributed by atoms with Crippen LogP contribution < -0.4 is 5.73 Å².